The number of esters is 1. The lowest BCUT2D eigenvalue weighted by Gasteiger charge is -2.21. The zero-order valence-corrected chi connectivity index (χ0v) is 17.1. The van der Waals surface area contributed by atoms with Crippen molar-refractivity contribution in [2.75, 3.05) is 4.72 Å². The lowest BCUT2D eigenvalue weighted by molar-refractivity contribution is 0.00580. The number of fused-ring (bicyclic) bond motifs is 1. The molecule has 0 fully saturated rings. The van der Waals surface area contributed by atoms with E-state index in [1.54, 1.807) is 39.3 Å². The van der Waals surface area contributed by atoms with Crippen LogP contribution in [0.2, 0.25) is 0 Å². The van der Waals surface area contributed by atoms with E-state index < -0.39 is 21.6 Å². The number of nitrogens with one attached hydrogen (secondary N) is 1. The average Bonchev–Trinajstić information content (AvgIpc) is 3.05. The molecule has 1 N–H and O–H groups in total. The molecule has 10 heteroatoms. The van der Waals surface area contributed by atoms with E-state index in [-0.39, 0.29) is 16.4 Å². The van der Waals surface area contributed by atoms with Crippen LogP contribution in [0.4, 0.5) is 5.82 Å². The standard InChI is InChI=1S/C17H25N5O4S/c1-11-12(10-18-21(11)5)27(24,25)20-15-14(16(23)26-17(2,3)4)22-9-7-6-8-13(22)19-15/h10,20H,6-9H2,1-5H3. The number of nitrogens with zero attached hydrogens (tertiary/aromatic N) is 4. The molecule has 27 heavy (non-hydrogen) atoms. The van der Waals surface area contributed by atoms with Gasteiger partial charge < -0.3 is 9.30 Å². The van der Waals surface area contributed by atoms with Gasteiger partial charge in [-0.15, -0.1) is 0 Å². The fourth-order valence-electron chi connectivity index (χ4n) is 3.01. The molecule has 0 saturated heterocycles. The SMILES string of the molecule is Cc1c(S(=O)(=O)Nc2nc3n(c2C(=O)OC(C)(C)C)CCCC3)cnn1C. The van der Waals surface area contributed by atoms with Crippen LogP contribution in [0.1, 0.15) is 55.6 Å². The summed E-state index contributed by atoms with van der Waals surface area (Å²) in [6.07, 6.45) is 3.80. The van der Waals surface area contributed by atoms with Crippen molar-refractivity contribution in [1.29, 1.82) is 0 Å². The third kappa shape index (κ3) is 3.85. The molecule has 0 amide bonds. The molecule has 0 spiro atoms. The Kier molecular flexibility index (Phi) is 4.79. The van der Waals surface area contributed by atoms with Crippen molar-refractivity contribution in [2.45, 2.75) is 64.0 Å². The summed E-state index contributed by atoms with van der Waals surface area (Å²) in [5.41, 5.74) is -0.0675. The molecule has 0 radical (unpaired) electrons. The summed E-state index contributed by atoms with van der Waals surface area (Å²) < 4.78 is 36.9. The van der Waals surface area contributed by atoms with Gasteiger partial charge in [0, 0.05) is 20.0 Å². The van der Waals surface area contributed by atoms with Gasteiger partial charge in [-0.2, -0.15) is 5.10 Å². The molecule has 0 aliphatic carbocycles. The topological polar surface area (TPSA) is 108 Å². The maximum Gasteiger partial charge on any atom is 0.359 e. The van der Waals surface area contributed by atoms with Crippen LogP contribution >= 0.6 is 0 Å². The minimum absolute atomic E-state index is 0.00408. The molecule has 2 aromatic rings. The average molecular weight is 395 g/mol. The van der Waals surface area contributed by atoms with Gasteiger partial charge in [-0.3, -0.25) is 9.40 Å². The highest BCUT2D eigenvalue weighted by Gasteiger charge is 2.31. The molecular formula is C17H25N5O4S. The zero-order chi connectivity index (χ0) is 20.0. The summed E-state index contributed by atoms with van der Waals surface area (Å²) in [5, 5.41) is 3.98. The van der Waals surface area contributed by atoms with Gasteiger partial charge in [0.25, 0.3) is 10.0 Å². The van der Waals surface area contributed by atoms with Crippen LogP contribution in [0.25, 0.3) is 0 Å². The summed E-state index contributed by atoms with van der Waals surface area (Å²) in [6.45, 7) is 7.56. The highest BCUT2D eigenvalue weighted by molar-refractivity contribution is 7.92. The number of ether oxygens (including phenoxy) is 1. The number of carbonyl (C=O) groups is 1. The van der Waals surface area contributed by atoms with Crippen molar-refractivity contribution in [1.82, 2.24) is 19.3 Å². The fourth-order valence-corrected chi connectivity index (χ4v) is 4.23. The summed E-state index contributed by atoms with van der Waals surface area (Å²) in [6, 6.07) is 0. The monoisotopic (exact) mass is 395 g/mol. The molecule has 0 bridgehead atoms. The van der Waals surface area contributed by atoms with E-state index in [1.165, 1.54) is 10.9 Å². The van der Waals surface area contributed by atoms with Gasteiger partial charge in [-0.25, -0.2) is 18.2 Å². The highest BCUT2D eigenvalue weighted by atomic mass is 32.2. The van der Waals surface area contributed by atoms with Crippen molar-refractivity contribution >= 4 is 21.8 Å². The number of imidazole rings is 1. The van der Waals surface area contributed by atoms with Crippen LogP contribution < -0.4 is 4.72 Å². The third-order valence-electron chi connectivity index (χ3n) is 4.38. The molecule has 1 aliphatic heterocycles. The van der Waals surface area contributed by atoms with Gasteiger partial charge in [0.1, 0.15) is 16.3 Å². The maximum absolute atomic E-state index is 12.8. The lowest BCUT2D eigenvalue weighted by atomic mass is 10.1. The molecule has 2 aromatic heterocycles. The Morgan fingerprint density at radius 2 is 2.00 bits per heavy atom. The number of carbonyl (C=O) groups excluding carboxylic acids is 1. The van der Waals surface area contributed by atoms with Crippen LogP contribution in [0.5, 0.6) is 0 Å². The first-order valence-electron chi connectivity index (χ1n) is 8.84. The van der Waals surface area contributed by atoms with Gasteiger partial charge in [-0.1, -0.05) is 0 Å². The first-order chi connectivity index (χ1) is 12.5. The summed E-state index contributed by atoms with van der Waals surface area (Å²) in [4.78, 5) is 17.2. The quantitative estimate of drug-likeness (QED) is 0.794. The van der Waals surface area contributed by atoms with Crippen molar-refractivity contribution in [3.05, 3.63) is 23.4 Å². The van der Waals surface area contributed by atoms with Crippen LogP contribution in [0.3, 0.4) is 0 Å². The second-order valence-corrected chi connectivity index (χ2v) is 9.31. The molecule has 1 aliphatic rings. The van der Waals surface area contributed by atoms with E-state index >= 15 is 0 Å². The number of hydrogen-bond acceptors (Lipinski definition) is 6. The number of hydrogen-bond donors (Lipinski definition) is 1. The Balaban J connectivity index is 2.03. The molecular weight excluding hydrogens is 370 g/mol. The largest absolute Gasteiger partial charge is 0.455 e. The highest BCUT2D eigenvalue weighted by Crippen LogP contribution is 2.28. The first kappa shape index (κ1) is 19.4. The Hall–Kier alpha value is -2.36. The predicted octanol–water partition coefficient (Wildman–Crippen LogP) is 2.02. The summed E-state index contributed by atoms with van der Waals surface area (Å²) >= 11 is 0. The van der Waals surface area contributed by atoms with Crippen molar-refractivity contribution in [2.24, 2.45) is 7.05 Å². The Morgan fingerprint density at radius 3 is 2.59 bits per heavy atom. The summed E-state index contributed by atoms with van der Waals surface area (Å²) in [5.74, 6) is 0.0934. The number of rotatable bonds is 4. The van der Waals surface area contributed by atoms with E-state index in [4.69, 9.17) is 4.74 Å². The third-order valence-corrected chi connectivity index (χ3v) is 5.82. The second-order valence-electron chi connectivity index (χ2n) is 7.66. The van der Waals surface area contributed by atoms with Crippen LogP contribution in [-0.4, -0.2) is 39.3 Å². The van der Waals surface area contributed by atoms with E-state index in [2.05, 4.69) is 14.8 Å². The van der Waals surface area contributed by atoms with Gasteiger partial charge in [0.15, 0.2) is 11.5 Å². The van der Waals surface area contributed by atoms with E-state index in [0.29, 0.717) is 24.5 Å². The van der Waals surface area contributed by atoms with Gasteiger partial charge >= 0.3 is 5.97 Å². The van der Waals surface area contributed by atoms with Crippen molar-refractivity contribution in [3.63, 3.8) is 0 Å². The van der Waals surface area contributed by atoms with Crippen LogP contribution in [0.15, 0.2) is 11.1 Å². The van der Waals surface area contributed by atoms with Crippen molar-refractivity contribution in [3.8, 4) is 0 Å². The molecule has 148 valence electrons. The summed E-state index contributed by atoms with van der Waals surface area (Å²) in [7, 11) is -2.28. The lowest BCUT2D eigenvalue weighted by Crippen LogP contribution is -2.27. The van der Waals surface area contributed by atoms with E-state index in [9.17, 15) is 13.2 Å². The van der Waals surface area contributed by atoms with Gasteiger partial charge in [-0.05, 0) is 40.5 Å². The van der Waals surface area contributed by atoms with Crippen molar-refractivity contribution < 1.29 is 17.9 Å². The van der Waals surface area contributed by atoms with E-state index in [1.807, 2.05) is 0 Å². The van der Waals surface area contributed by atoms with Gasteiger partial charge in [0.2, 0.25) is 0 Å². The smallest absolute Gasteiger partial charge is 0.359 e. The predicted molar refractivity (Wildman–Crippen MR) is 99.1 cm³/mol. The first-order valence-corrected chi connectivity index (χ1v) is 10.3. The number of sulfonamides is 1. The zero-order valence-electron chi connectivity index (χ0n) is 16.2. The molecule has 0 aromatic carbocycles. The molecule has 9 nitrogen and oxygen atoms in total. The number of anilines is 1. The second kappa shape index (κ2) is 6.66. The van der Waals surface area contributed by atoms with Crippen LogP contribution in [-0.2, 0) is 34.8 Å². The molecule has 3 rings (SSSR count). The number of aromatic nitrogens is 4. The Bertz CT molecular complexity index is 982. The minimum Gasteiger partial charge on any atom is -0.455 e. The Morgan fingerprint density at radius 1 is 1.30 bits per heavy atom. The normalized spacial score (nSPS) is 14.7. The van der Waals surface area contributed by atoms with Gasteiger partial charge in [0.05, 0.1) is 11.9 Å². The molecule has 3 heterocycles. The van der Waals surface area contributed by atoms with E-state index in [0.717, 1.165) is 12.8 Å². The Labute approximate surface area is 158 Å². The fraction of sp³-hybridized carbons (Fsp3) is 0.588. The maximum atomic E-state index is 12.8. The molecule has 0 unspecified atom stereocenters. The minimum atomic E-state index is -3.94. The number of aryl methyl sites for hydroxylation is 2. The van der Waals surface area contributed by atoms with Crippen LogP contribution in [0, 0.1) is 6.92 Å². The molecule has 0 saturated carbocycles. The molecule has 0 atom stereocenters.